The molecule has 102 valence electrons. The van der Waals surface area contributed by atoms with E-state index in [1.807, 2.05) is 26.8 Å². The van der Waals surface area contributed by atoms with Crippen molar-refractivity contribution in [3.05, 3.63) is 35.6 Å². The number of hydrogen-bond acceptors (Lipinski definition) is 2. The van der Waals surface area contributed by atoms with Crippen molar-refractivity contribution in [1.82, 2.24) is 0 Å². The average molecular weight is 253 g/mol. The molecule has 0 fully saturated rings. The highest BCUT2D eigenvalue weighted by Crippen LogP contribution is 2.30. The number of halogens is 1. The fourth-order valence-corrected chi connectivity index (χ4v) is 1.73. The van der Waals surface area contributed by atoms with E-state index < -0.39 is 6.10 Å². The summed E-state index contributed by atoms with van der Waals surface area (Å²) in [5.74, 6) is -0.252. The van der Waals surface area contributed by atoms with Crippen LogP contribution < -0.4 is 5.73 Å². The molecule has 1 aromatic carbocycles. The maximum absolute atomic E-state index is 13.9. The van der Waals surface area contributed by atoms with Crippen LogP contribution in [0.15, 0.2) is 24.3 Å². The van der Waals surface area contributed by atoms with Crippen LogP contribution in [-0.4, -0.2) is 11.6 Å². The second kappa shape index (κ2) is 6.30. The van der Waals surface area contributed by atoms with Crippen LogP contribution >= 0.6 is 0 Å². The van der Waals surface area contributed by atoms with Gasteiger partial charge in [0.2, 0.25) is 0 Å². The normalized spacial score (nSPS) is 15.4. The average Bonchev–Trinajstić information content (AvgIpc) is 2.36. The third-order valence-corrected chi connectivity index (χ3v) is 3.37. The Morgan fingerprint density at radius 1 is 1.28 bits per heavy atom. The number of hydrogen-bond donors (Lipinski definition) is 1. The fourth-order valence-electron chi connectivity index (χ4n) is 1.73. The van der Waals surface area contributed by atoms with E-state index in [0.29, 0.717) is 5.56 Å². The number of ether oxygens (including phenoxy) is 1. The maximum Gasteiger partial charge on any atom is 0.129 e. The summed E-state index contributed by atoms with van der Waals surface area (Å²) in [7, 11) is 0. The molecule has 0 saturated heterocycles. The van der Waals surface area contributed by atoms with Crippen LogP contribution in [-0.2, 0) is 4.74 Å². The van der Waals surface area contributed by atoms with Crippen molar-refractivity contribution in [2.45, 2.75) is 58.3 Å². The topological polar surface area (TPSA) is 35.2 Å². The molecule has 0 saturated carbocycles. The predicted molar refractivity (Wildman–Crippen MR) is 72.9 cm³/mol. The third kappa shape index (κ3) is 3.79. The summed E-state index contributed by atoms with van der Waals surface area (Å²) >= 11 is 0. The van der Waals surface area contributed by atoms with Gasteiger partial charge in [-0.3, -0.25) is 0 Å². The Balaban J connectivity index is 3.03. The molecular weight excluding hydrogens is 229 g/mol. The number of rotatable bonds is 6. The predicted octanol–water partition coefficient (Wildman–Crippen LogP) is 3.81. The number of benzene rings is 1. The zero-order chi connectivity index (χ0) is 13.8. The van der Waals surface area contributed by atoms with Gasteiger partial charge in [-0.1, -0.05) is 32.0 Å². The SMILES string of the molecule is CCC(N)C(OC(C)(C)CC)c1ccccc1F. The van der Waals surface area contributed by atoms with E-state index in [4.69, 9.17) is 10.5 Å². The van der Waals surface area contributed by atoms with Crippen LogP contribution in [0.2, 0.25) is 0 Å². The molecule has 2 atom stereocenters. The summed E-state index contributed by atoms with van der Waals surface area (Å²) in [6.07, 6.45) is 1.21. The first kappa shape index (κ1) is 15.1. The van der Waals surface area contributed by atoms with E-state index in [-0.39, 0.29) is 17.5 Å². The van der Waals surface area contributed by atoms with Crippen molar-refractivity contribution in [3.63, 3.8) is 0 Å². The van der Waals surface area contributed by atoms with Crippen molar-refractivity contribution in [1.29, 1.82) is 0 Å². The summed E-state index contributed by atoms with van der Waals surface area (Å²) in [6.45, 7) is 8.04. The molecule has 2 nitrogen and oxygen atoms in total. The molecule has 2 unspecified atom stereocenters. The first-order valence-corrected chi connectivity index (χ1v) is 6.59. The van der Waals surface area contributed by atoms with E-state index in [1.54, 1.807) is 12.1 Å². The Kier molecular flexibility index (Phi) is 5.29. The summed E-state index contributed by atoms with van der Waals surface area (Å²) in [5, 5.41) is 0. The van der Waals surface area contributed by atoms with Crippen molar-refractivity contribution >= 4 is 0 Å². The van der Waals surface area contributed by atoms with Crippen LogP contribution in [0.3, 0.4) is 0 Å². The molecule has 18 heavy (non-hydrogen) atoms. The van der Waals surface area contributed by atoms with Crippen molar-refractivity contribution in [2.24, 2.45) is 5.73 Å². The molecule has 0 aliphatic heterocycles. The Morgan fingerprint density at radius 2 is 1.89 bits per heavy atom. The van der Waals surface area contributed by atoms with Gasteiger partial charge in [-0.25, -0.2) is 4.39 Å². The lowest BCUT2D eigenvalue weighted by Gasteiger charge is -2.33. The van der Waals surface area contributed by atoms with E-state index in [2.05, 4.69) is 6.92 Å². The minimum absolute atomic E-state index is 0.201. The van der Waals surface area contributed by atoms with Gasteiger partial charge in [0.25, 0.3) is 0 Å². The molecule has 0 aromatic heterocycles. The molecule has 0 aliphatic carbocycles. The van der Waals surface area contributed by atoms with Crippen LogP contribution in [0, 0.1) is 5.82 Å². The summed E-state index contributed by atoms with van der Waals surface area (Å²) in [6, 6.07) is 6.50. The Morgan fingerprint density at radius 3 is 2.39 bits per heavy atom. The standard InChI is InChI=1S/C15H24FNO/c1-5-13(17)14(18-15(3,4)6-2)11-9-7-8-10-12(11)16/h7-10,13-14H,5-6,17H2,1-4H3. The monoisotopic (exact) mass is 253 g/mol. The van der Waals surface area contributed by atoms with Gasteiger partial charge in [-0.2, -0.15) is 0 Å². The first-order chi connectivity index (χ1) is 8.41. The van der Waals surface area contributed by atoms with Gasteiger partial charge in [0.15, 0.2) is 0 Å². The van der Waals surface area contributed by atoms with Crippen molar-refractivity contribution in [3.8, 4) is 0 Å². The smallest absolute Gasteiger partial charge is 0.129 e. The second-order valence-corrected chi connectivity index (χ2v) is 5.25. The zero-order valence-electron chi connectivity index (χ0n) is 11.7. The van der Waals surface area contributed by atoms with Crippen molar-refractivity contribution in [2.75, 3.05) is 0 Å². The van der Waals surface area contributed by atoms with Gasteiger partial charge < -0.3 is 10.5 Å². The molecule has 0 bridgehead atoms. The van der Waals surface area contributed by atoms with Gasteiger partial charge in [0.05, 0.1) is 5.60 Å². The molecular formula is C15H24FNO. The summed E-state index contributed by atoms with van der Waals surface area (Å²) < 4.78 is 19.9. The maximum atomic E-state index is 13.9. The summed E-state index contributed by atoms with van der Waals surface area (Å²) in [4.78, 5) is 0. The van der Waals surface area contributed by atoms with Gasteiger partial charge in [0.1, 0.15) is 11.9 Å². The van der Waals surface area contributed by atoms with Crippen LogP contribution in [0.4, 0.5) is 4.39 Å². The van der Waals surface area contributed by atoms with Gasteiger partial charge >= 0.3 is 0 Å². The molecule has 0 amide bonds. The Labute approximate surface area is 109 Å². The van der Waals surface area contributed by atoms with E-state index in [9.17, 15) is 4.39 Å². The quantitative estimate of drug-likeness (QED) is 0.836. The van der Waals surface area contributed by atoms with Crippen molar-refractivity contribution < 1.29 is 9.13 Å². The minimum atomic E-state index is -0.397. The molecule has 3 heteroatoms. The zero-order valence-corrected chi connectivity index (χ0v) is 11.7. The first-order valence-electron chi connectivity index (χ1n) is 6.59. The Bertz CT molecular complexity index is 379. The lowest BCUT2D eigenvalue weighted by atomic mass is 9.98. The highest BCUT2D eigenvalue weighted by molar-refractivity contribution is 5.21. The molecule has 1 aromatic rings. The molecule has 0 spiro atoms. The minimum Gasteiger partial charge on any atom is -0.366 e. The van der Waals surface area contributed by atoms with Gasteiger partial charge in [-0.05, 0) is 32.8 Å². The van der Waals surface area contributed by atoms with Gasteiger partial charge in [0, 0.05) is 11.6 Å². The Hall–Kier alpha value is -0.930. The summed E-state index contributed by atoms with van der Waals surface area (Å²) in [5.41, 5.74) is 6.33. The molecule has 0 heterocycles. The third-order valence-electron chi connectivity index (χ3n) is 3.37. The van der Waals surface area contributed by atoms with Crippen LogP contribution in [0.1, 0.15) is 52.2 Å². The van der Waals surface area contributed by atoms with Gasteiger partial charge in [-0.15, -0.1) is 0 Å². The van der Waals surface area contributed by atoms with E-state index >= 15 is 0 Å². The lowest BCUT2D eigenvalue weighted by molar-refractivity contribution is -0.0870. The highest BCUT2D eigenvalue weighted by Gasteiger charge is 2.28. The fraction of sp³-hybridized carbons (Fsp3) is 0.600. The molecule has 1 rings (SSSR count). The number of nitrogens with two attached hydrogens (primary N) is 1. The molecule has 0 radical (unpaired) electrons. The second-order valence-electron chi connectivity index (χ2n) is 5.25. The largest absolute Gasteiger partial charge is 0.366 e. The van der Waals surface area contributed by atoms with E-state index in [1.165, 1.54) is 6.07 Å². The highest BCUT2D eigenvalue weighted by atomic mass is 19.1. The van der Waals surface area contributed by atoms with Crippen LogP contribution in [0.5, 0.6) is 0 Å². The molecule has 0 aliphatic rings. The lowest BCUT2D eigenvalue weighted by Crippen LogP contribution is -2.36. The van der Waals surface area contributed by atoms with E-state index in [0.717, 1.165) is 12.8 Å². The molecule has 2 N–H and O–H groups in total. The van der Waals surface area contributed by atoms with Crippen LogP contribution in [0.25, 0.3) is 0 Å².